The van der Waals surface area contributed by atoms with E-state index in [0.717, 1.165) is 42.2 Å². The van der Waals surface area contributed by atoms with Gasteiger partial charge in [0.1, 0.15) is 17.7 Å². The van der Waals surface area contributed by atoms with Crippen LogP contribution in [0.5, 0.6) is 11.5 Å². The van der Waals surface area contributed by atoms with Gasteiger partial charge < -0.3 is 25.0 Å². The second kappa shape index (κ2) is 6.81. The fraction of sp³-hybridized carbons (Fsp3) is 0.421. The Morgan fingerprint density at radius 2 is 2.04 bits per heavy atom. The van der Waals surface area contributed by atoms with Gasteiger partial charge in [0, 0.05) is 6.42 Å². The number of ether oxygens (including phenoxy) is 2. The molecule has 2 aromatic rings. The predicted molar refractivity (Wildman–Crippen MR) is 101 cm³/mol. The zero-order chi connectivity index (χ0) is 18.3. The standard InChI is InChI=1S/C19H23N3O3S/c1-4-22-8-7-12-15(10-22)26-19-16(12)18(23)20-17(21-19)11-5-6-13(24-2)14(9-11)25-3/h5-6,9,17,21H,4,7-8,10H2,1-3H3,(H,20,23)/p+1/t17-/m0/s1. The zero-order valence-electron chi connectivity index (χ0n) is 15.3. The molecule has 2 aliphatic heterocycles. The molecule has 2 atom stereocenters. The molecule has 3 heterocycles. The number of hydrogen-bond donors (Lipinski definition) is 3. The Labute approximate surface area is 157 Å². The molecule has 1 unspecified atom stereocenters. The number of carbonyl (C=O) groups excluding carboxylic acids is 1. The van der Waals surface area contributed by atoms with Crippen LogP contribution in [-0.2, 0) is 13.0 Å². The van der Waals surface area contributed by atoms with Crippen LogP contribution in [0.2, 0.25) is 0 Å². The molecule has 1 aromatic carbocycles. The normalized spacial score (nSPS) is 21.3. The van der Waals surface area contributed by atoms with Crippen molar-refractivity contribution in [3.63, 3.8) is 0 Å². The third-order valence-corrected chi connectivity index (χ3v) is 6.41. The van der Waals surface area contributed by atoms with Crippen LogP contribution in [0.3, 0.4) is 0 Å². The highest BCUT2D eigenvalue weighted by Gasteiger charge is 2.34. The Morgan fingerprint density at radius 3 is 2.77 bits per heavy atom. The maximum Gasteiger partial charge on any atom is 0.256 e. The number of likely N-dealkylation sites (N-methyl/N-ethyl adjacent to an activating group) is 1. The van der Waals surface area contributed by atoms with Crippen molar-refractivity contribution in [2.45, 2.75) is 26.1 Å². The minimum Gasteiger partial charge on any atom is -0.493 e. The molecule has 0 saturated carbocycles. The van der Waals surface area contributed by atoms with Gasteiger partial charge in [-0.15, -0.1) is 11.3 Å². The van der Waals surface area contributed by atoms with Gasteiger partial charge in [-0.25, -0.2) is 0 Å². The molecule has 0 saturated heterocycles. The second-order valence-electron chi connectivity index (χ2n) is 6.65. The van der Waals surface area contributed by atoms with E-state index in [4.69, 9.17) is 9.47 Å². The largest absolute Gasteiger partial charge is 0.493 e. The first-order chi connectivity index (χ1) is 12.6. The Balaban J connectivity index is 1.65. The lowest BCUT2D eigenvalue weighted by atomic mass is 10.0. The summed E-state index contributed by atoms with van der Waals surface area (Å²) < 4.78 is 10.7. The Morgan fingerprint density at radius 1 is 1.23 bits per heavy atom. The van der Waals surface area contributed by atoms with Crippen molar-refractivity contribution < 1.29 is 19.2 Å². The maximum atomic E-state index is 12.8. The molecule has 3 N–H and O–H groups in total. The van der Waals surface area contributed by atoms with Gasteiger partial charge in [0.15, 0.2) is 11.5 Å². The summed E-state index contributed by atoms with van der Waals surface area (Å²) >= 11 is 1.73. The average molecular weight is 374 g/mol. The molecule has 0 fully saturated rings. The number of rotatable bonds is 4. The first-order valence-corrected chi connectivity index (χ1v) is 9.73. The summed E-state index contributed by atoms with van der Waals surface area (Å²) in [4.78, 5) is 15.7. The van der Waals surface area contributed by atoms with Crippen LogP contribution in [-0.4, -0.2) is 33.2 Å². The fourth-order valence-electron chi connectivity index (χ4n) is 3.75. The van der Waals surface area contributed by atoms with Crippen molar-refractivity contribution in [2.24, 2.45) is 0 Å². The quantitative estimate of drug-likeness (QED) is 0.760. The van der Waals surface area contributed by atoms with Gasteiger partial charge in [0.25, 0.3) is 5.91 Å². The summed E-state index contributed by atoms with van der Waals surface area (Å²) in [5, 5.41) is 7.58. The molecular weight excluding hydrogens is 350 g/mol. The van der Waals surface area contributed by atoms with Crippen molar-refractivity contribution in [1.82, 2.24) is 5.32 Å². The van der Waals surface area contributed by atoms with E-state index >= 15 is 0 Å². The van der Waals surface area contributed by atoms with Crippen LogP contribution < -0.4 is 25.0 Å². The van der Waals surface area contributed by atoms with Crippen LogP contribution in [0.1, 0.15) is 39.5 Å². The highest BCUT2D eigenvalue weighted by atomic mass is 32.1. The summed E-state index contributed by atoms with van der Waals surface area (Å²) in [5.41, 5.74) is 3.02. The highest BCUT2D eigenvalue weighted by molar-refractivity contribution is 7.16. The lowest BCUT2D eigenvalue weighted by Crippen LogP contribution is -3.11. The Hall–Kier alpha value is -2.25. The van der Waals surface area contributed by atoms with Gasteiger partial charge in [-0.1, -0.05) is 6.07 Å². The third kappa shape index (κ3) is 2.81. The Bertz CT molecular complexity index is 849. The van der Waals surface area contributed by atoms with Crippen molar-refractivity contribution in [1.29, 1.82) is 0 Å². The van der Waals surface area contributed by atoms with Crippen LogP contribution in [0.25, 0.3) is 0 Å². The molecule has 0 spiro atoms. The molecule has 2 aliphatic rings. The summed E-state index contributed by atoms with van der Waals surface area (Å²) in [6.45, 7) is 5.44. The van der Waals surface area contributed by atoms with Gasteiger partial charge in [-0.05, 0) is 30.2 Å². The molecule has 26 heavy (non-hydrogen) atoms. The van der Waals surface area contributed by atoms with Crippen molar-refractivity contribution in [3.05, 3.63) is 39.8 Å². The zero-order valence-corrected chi connectivity index (χ0v) is 16.1. The predicted octanol–water partition coefficient (Wildman–Crippen LogP) is 1.58. The topological polar surface area (TPSA) is 64.0 Å². The van der Waals surface area contributed by atoms with E-state index < -0.39 is 0 Å². The number of benzene rings is 1. The molecule has 0 bridgehead atoms. The minimum atomic E-state index is -0.274. The second-order valence-corrected chi connectivity index (χ2v) is 7.76. The Kier molecular flexibility index (Phi) is 4.50. The molecule has 1 amide bonds. The molecule has 0 aliphatic carbocycles. The summed E-state index contributed by atoms with van der Waals surface area (Å²) in [7, 11) is 3.23. The van der Waals surface area contributed by atoms with E-state index in [1.54, 1.807) is 30.5 Å². The number of amides is 1. The van der Waals surface area contributed by atoms with Crippen LogP contribution in [0, 0.1) is 0 Å². The number of carbonyl (C=O) groups is 1. The van der Waals surface area contributed by atoms with Crippen LogP contribution in [0.15, 0.2) is 18.2 Å². The monoisotopic (exact) mass is 374 g/mol. The van der Waals surface area contributed by atoms with E-state index in [2.05, 4.69) is 17.6 Å². The van der Waals surface area contributed by atoms with Gasteiger partial charge in [-0.3, -0.25) is 4.79 Å². The van der Waals surface area contributed by atoms with Crippen LogP contribution in [0.4, 0.5) is 5.00 Å². The molecule has 7 heteroatoms. The van der Waals surface area contributed by atoms with Crippen molar-refractivity contribution >= 4 is 22.2 Å². The first kappa shape index (κ1) is 17.2. The number of quaternary nitrogens is 1. The number of hydrogen-bond acceptors (Lipinski definition) is 5. The highest BCUT2D eigenvalue weighted by Crippen LogP contribution is 2.40. The van der Waals surface area contributed by atoms with E-state index in [-0.39, 0.29) is 12.1 Å². The number of anilines is 1. The van der Waals surface area contributed by atoms with E-state index in [9.17, 15) is 4.79 Å². The van der Waals surface area contributed by atoms with Crippen LogP contribution >= 0.6 is 11.3 Å². The van der Waals surface area contributed by atoms with E-state index in [1.807, 2.05) is 18.2 Å². The van der Waals surface area contributed by atoms with Gasteiger partial charge in [0.05, 0.1) is 37.7 Å². The number of nitrogens with one attached hydrogen (secondary N) is 3. The molecule has 4 rings (SSSR count). The lowest BCUT2D eigenvalue weighted by molar-refractivity contribution is -0.913. The van der Waals surface area contributed by atoms with E-state index in [1.165, 1.54) is 10.4 Å². The van der Waals surface area contributed by atoms with Crippen molar-refractivity contribution in [3.8, 4) is 11.5 Å². The van der Waals surface area contributed by atoms with Crippen molar-refractivity contribution in [2.75, 3.05) is 32.6 Å². The summed E-state index contributed by atoms with van der Waals surface area (Å²) in [6.07, 6.45) is 0.699. The smallest absolute Gasteiger partial charge is 0.256 e. The lowest BCUT2D eigenvalue weighted by Gasteiger charge is -2.27. The fourth-order valence-corrected chi connectivity index (χ4v) is 5.09. The molecule has 6 nitrogen and oxygen atoms in total. The SMILES string of the molecule is CC[NH+]1CCc2c(sc3c2C(=O)N[C@H](c2ccc(OC)c(OC)c2)N3)C1. The number of thiophene rings is 1. The molecule has 1 aromatic heterocycles. The summed E-state index contributed by atoms with van der Waals surface area (Å²) in [5.74, 6) is 1.34. The molecule has 0 radical (unpaired) electrons. The molecular formula is C19H24N3O3S+. The third-order valence-electron chi connectivity index (χ3n) is 5.25. The van der Waals surface area contributed by atoms with Gasteiger partial charge >= 0.3 is 0 Å². The maximum absolute atomic E-state index is 12.8. The van der Waals surface area contributed by atoms with E-state index in [0.29, 0.717) is 11.5 Å². The number of fused-ring (bicyclic) bond motifs is 3. The minimum absolute atomic E-state index is 0.0102. The van der Waals surface area contributed by atoms with Gasteiger partial charge in [0.2, 0.25) is 0 Å². The van der Waals surface area contributed by atoms with Gasteiger partial charge in [-0.2, -0.15) is 0 Å². The average Bonchev–Trinajstić information content (AvgIpc) is 3.05. The number of methoxy groups -OCH3 is 2. The summed E-state index contributed by atoms with van der Waals surface area (Å²) in [6, 6.07) is 5.71. The molecule has 138 valence electrons. The first-order valence-electron chi connectivity index (χ1n) is 8.92.